The first kappa shape index (κ1) is 21.8. The molecule has 2 saturated heterocycles. The van der Waals surface area contributed by atoms with Gasteiger partial charge in [0.15, 0.2) is 0 Å². The minimum Gasteiger partial charge on any atom is -0.497 e. The Hall–Kier alpha value is -1.90. The van der Waals surface area contributed by atoms with Gasteiger partial charge >= 0.3 is 0 Å². The van der Waals surface area contributed by atoms with Crippen LogP contribution in [0.5, 0.6) is 5.75 Å². The smallest absolute Gasteiger partial charge is 0.266 e. The Morgan fingerprint density at radius 3 is 2.79 bits per heavy atom. The van der Waals surface area contributed by atoms with Crippen LogP contribution in [-0.2, 0) is 9.59 Å². The van der Waals surface area contributed by atoms with Crippen LogP contribution in [0, 0.1) is 0 Å². The van der Waals surface area contributed by atoms with E-state index in [2.05, 4.69) is 0 Å². The summed E-state index contributed by atoms with van der Waals surface area (Å²) in [6.45, 7) is 1.09. The monoisotopic (exact) mass is 434 g/mol. The number of aliphatic hydroxyl groups excluding tert-OH is 1. The van der Waals surface area contributed by atoms with Crippen LogP contribution in [0.4, 0.5) is 0 Å². The zero-order valence-corrected chi connectivity index (χ0v) is 18.1. The number of hydrogen-bond acceptors (Lipinski definition) is 6. The maximum absolute atomic E-state index is 12.8. The normalized spacial score (nSPS) is 21.2. The summed E-state index contributed by atoms with van der Waals surface area (Å²) < 4.78 is 5.63. The van der Waals surface area contributed by atoms with Crippen molar-refractivity contribution in [2.75, 3.05) is 26.8 Å². The number of likely N-dealkylation sites (tertiary alicyclic amines) is 1. The van der Waals surface area contributed by atoms with E-state index in [0.717, 1.165) is 37.1 Å². The molecule has 6 nitrogen and oxygen atoms in total. The standard InChI is InChI=1S/C21H26N2O4S2/c1-27-17-7-5-15(6-8-17)14-18-20(26)23(21(28)29-18)12-9-19(25)22-11-3-2-4-16(22)10-13-24/h5-8,14,16,24H,2-4,9-13H2,1H3/b18-14-/t16-/m1/s1. The topological polar surface area (TPSA) is 70.1 Å². The van der Waals surface area contributed by atoms with Gasteiger partial charge in [0.1, 0.15) is 10.1 Å². The number of nitrogens with zero attached hydrogens (tertiary/aromatic N) is 2. The zero-order valence-electron chi connectivity index (χ0n) is 16.5. The Bertz CT molecular complexity index is 792. The van der Waals surface area contributed by atoms with Crippen LogP contribution < -0.4 is 4.74 Å². The average molecular weight is 435 g/mol. The van der Waals surface area contributed by atoms with Gasteiger partial charge < -0.3 is 14.7 Å². The van der Waals surface area contributed by atoms with Gasteiger partial charge in [-0.1, -0.05) is 36.1 Å². The van der Waals surface area contributed by atoms with E-state index in [9.17, 15) is 14.7 Å². The molecule has 29 heavy (non-hydrogen) atoms. The van der Waals surface area contributed by atoms with Gasteiger partial charge in [0, 0.05) is 32.2 Å². The lowest BCUT2D eigenvalue weighted by Crippen LogP contribution is -2.45. The number of hydrogen-bond donors (Lipinski definition) is 1. The summed E-state index contributed by atoms with van der Waals surface area (Å²) in [5.74, 6) is 0.621. The molecule has 2 amide bonds. The zero-order chi connectivity index (χ0) is 20.8. The van der Waals surface area contributed by atoms with E-state index < -0.39 is 0 Å². The molecule has 1 N–H and O–H groups in total. The van der Waals surface area contributed by atoms with Crippen molar-refractivity contribution in [1.82, 2.24) is 9.80 Å². The molecule has 0 saturated carbocycles. The van der Waals surface area contributed by atoms with Crippen LogP contribution in [-0.4, -0.2) is 63.9 Å². The Morgan fingerprint density at radius 2 is 2.10 bits per heavy atom. The number of piperidine rings is 1. The average Bonchev–Trinajstić information content (AvgIpc) is 3.00. The molecule has 0 aromatic heterocycles. The Kier molecular flexibility index (Phi) is 7.69. The van der Waals surface area contributed by atoms with Gasteiger partial charge in [-0.25, -0.2) is 0 Å². The maximum Gasteiger partial charge on any atom is 0.266 e. The van der Waals surface area contributed by atoms with Crippen LogP contribution in [0.25, 0.3) is 6.08 Å². The summed E-state index contributed by atoms with van der Waals surface area (Å²) in [5.41, 5.74) is 0.891. The van der Waals surface area contributed by atoms with Crippen LogP contribution in [0.2, 0.25) is 0 Å². The van der Waals surface area contributed by atoms with E-state index in [4.69, 9.17) is 17.0 Å². The quantitative estimate of drug-likeness (QED) is 0.525. The Balaban J connectivity index is 1.61. The molecule has 2 aliphatic rings. The fraction of sp³-hybridized carbons (Fsp3) is 0.476. The molecule has 156 valence electrons. The van der Waals surface area contributed by atoms with Crippen molar-refractivity contribution in [2.24, 2.45) is 0 Å². The van der Waals surface area contributed by atoms with E-state index in [0.29, 0.717) is 15.6 Å². The van der Waals surface area contributed by atoms with Crippen LogP contribution in [0.15, 0.2) is 29.2 Å². The van der Waals surface area contributed by atoms with E-state index in [1.807, 2.05) is 35.2 Å². The highest BCUT2D eigenvalue weighted by atomic mass is 32.2. The number of aliphatic hydroxyl groups is 1. The molecular formula is C21H26N2O4S2. The van der Waals surface area contributed by atoms with Crippen molar-refractivity contribution in [3.63, 3.8) is 0 Å². The predicted molar refractivity (Wildman–Crippen MR) is 119 cm³/mol. The molecule has 2 aliphatic heterocycles. The molecule has 0 radical (unpaired) electrons. The van der Waals surface area contributed by atoms with Crippen LogP contribution in [0.1, 0.15) is 37.7 Å². The van der Waals surface area contributed by atoms with Gasteiger partial charge in [0.2, 0.25) is 5.91 Å². The molecule has 8 heteroatoms. The highest BCUT2D eigenvalue weighted by Crippen LogP contribution is 2.33. The first-order chi connectivity index (χ1) is 14.0. The summed E-state index contributed by atoms with van der Waals surface area (Å²) in [7, 11) is 1.61. The van der Waals surface area contributed by atoms with Gasteiger partial charge in [-0.15, -0.1) is 0 Å². The molecule has 1 aromatic carbocycles. The van der Waals surface area contributed by atoms with E-state index in [-0.39, 0.29) is 37.4 Å². The second kappa shape index (κ2) is 10.2. The third-order valence-electron chi connectivity index (χ3n) is 5.25. The number of methoxy groups -OCH3 is 1. The number of rotatable bonds is 7. The predicted octanol–water partition coefficient (Wildman–Crippen LogP) is 3.05. The minimum atomic E-state index is -0.158. The lowest BCUT2D eigenvalue weighted by Gasteiger charge is -2.36. The molecule has 0 spiro atoms. The number of carbonyl (C=O) groups excluding carboxylic acids is 2. The molecule has 3 rings (SSSR count). The number of thioether (sulfide) groups is 1. The second-order valence-corrected chi connectivity index (χ2v) is 8.78. The molecule has 1 atom stereocenters. The summed E-state index contributed by atoms with van der Waals surface area (Å²) in [6.07, 6.45) is 5.65. The largest absolute Gasteiger partial charge is 0.497 e. The van der Waals surface area contributed by atoms with E-state index in [1.54, 1.807) is 7.11 Å². The number of amides is 2. The fourth-order valence-electron chi connectivity index (χ4n) is 3.67. The summed E-state index contributed by atoms with van der Waals surface area (Å²) in [6, 6.07) is 7.54. The first-order valence-corrected chi connectivity index (χ1v) is 11.1. The van der Waals surface area contributed by atoms with E-state index in [1.165, 1.54) is 16.7 Å². The van der Waals surface area contributed by atoms with Gasteiger partial charge in [-0.05, 0) is 49.5 Å². The maximum atomic E-state index is 12.8. The first-order valence-electron chi connectivity index (χ1n) is 9.83. The number of benzene rings is 1. The molecular weight excluding hydrogens is 408 g/mol. The van der Waals surface area contributed by atoms with Crippen molar-refractivity contribution in [1.29, 1.82) is 0 Å². The van der Waals surface area contributed by atoms with Gasteiger partial charge in [-0.3, -0.25) is 14.5 Å². The van der Waals surface area contributed by atoms with Crippen molar-refractivity contribution < 1.29 is 19.4 Å². The third kappa shape index (κ3) is 5.38. The Morgan fingerprint density at radius 1 is 1.34 bits per heavy atom. The van der Waals surface area contributed by atoms with Crippen LogP contribution >= 0.6 is 24.0 Å². The van der Waals surface area contributed by atoms with Gasteiger partial charge in [-0.2, -0.15) is 0 Å². The van der Waals surface area contributed by atoms with Gasteiger partial charge in [0.25, 0.3) is 5.91 Å². The van der Waals surface area contributed by atoms with Crippen LogP contribution in [0.3, 0.4) is 0 Å². The molecule has 2 fully saturated rings. The highest BCUT2D eigenvalue weighted by molar-refractivity contribution is 8.26. The lowest BCUT2D eigenvalue weighted by atomic mass is 9.99. The van der Waals surface area contributed by atoms with Crippen molar-refractivity contribution in [2.45, 2.75) is 38.1 Å². The highest BCUT2D eigenvalue weighted by Gasteiger charge is 2.33. The van der Waals surface area contributed by atoms with Gasteiger partial charge in [0.05, 0.1) is 12.0 Å². The molecule has 0 unspecified atom stereocenters. The summed E-state index contributed by atoms with van der Waals surface area (Å²) >= 11 is 6.64. The second-order valence-electron chi connectivity index (χ2n) is 7.11. The van der Waals surface area contributed by atoms with Crippen molar-refractivity contribution in [3.8, 4) is 5.75 Å². The lowest BCUT2D eigenvalue weighted by molar-refractivity contribution is -0.135. The summed E-state index contributed by atoms with van der Waals surface area (Å²) in [5, 5.41) is 9.25. The molecule has 0 aliphatic carbocycles. The van der Waals surface area contributed by atoms with Crippen molar-refractivity contribution in [3.05, 3.63) is 34.7 Å². The fourth-order valence-corrected chi connectivity index (χ4v) is 4.98. The molecule has 0 bridgehead atoms. The number of thiocarbonyl (C=S) groups is 1. The number of ether oxygens (including phenoxy) is 1. The van der Waals surface area contributed by atoms with Crippen molar-refractivity contribution >= 4 is 46.2 Å². The van der Waals surface area contributed by atoms with E-state index >= 15 is 0 Å². The molecule has 1 aromatic rings. The summed E-state index contributed by atoms with van der Waals surface area (Å²) in [4.78, 5) is 29.4. The Labute approximate surface area is 180 Å². The SMILES string of the molecule is COc1ccc(/C=C2\SC(=S)N(CCC(=O)N3CCCC[C@@H]3CCO)C2=O)cc1. The molecule has 2 heterocycles. The number of carbonyl (C=O) groups is 2. The third-order valence-corrected chi connectivity index (χ3v) is 6.62. The minimum absolute atomic E-state index is 0.0244.